The van der Waals surface area contributed by atoms with Crippen LogP contribution in [0.2, 0.25) is 10.0 Å². The normalized spacial score (nSPS) is 13.6. The Morgan fingerprint density at radius 1 is 0.967 bits per heavy atom. The lowest BCUT2D eigenvalue weighted by atomic mass is 9.94. The van der Waals surface area contributed by atoms with Crippen LogP contribution in [0, 0.1) is 0 Å². The molecule has 1 aromatic carbocycles. The molecule has 8 heteroatoms. The molecule has 4 aromatic rings. The lowest BCUT2D eigenvalue weighted by molar-refractivity contribution is 0.649. The molecule has 0 saturated heterocycles. The van der Waals surface area contributed by atoms with Gasteiger partial charge in [-0.3, -0.25) is 4.98 Å². The summed E-state index contributed by atoms with van der Waals surface area (Å²) in [5.74, 6) is 0. The highest BCUT2D eigenvalue weighted by molar-refractivity contribution is 7.13. The predicted molar refractivity (Wildman–Crippen MR) is 124 cm³/mol. The molecule has 0 saturated carbocycles. The third kappa shape index (κ3) is 3.79. The average molecular weight is 474 g/mol. The third-order valence-electron chi connectivity index (χ3n) is 5.04. The van der Waals surface area contributed by atoms with Crippen LogP contribution in [0.4, 0.5) is 0 Å². The zero-order valence-electron chi connectivity index (χ0n) is 15.6. The summed E-state index contributed by atoms with van der Waals surface area (Å²) in [6.45, 7) is 0.553. The van der Waals surface area contributed by atoms with E-state index in [1.165, 1.54) is 0 Å². The monoisotopic (exact) mass is 472 g/mol. The van der Waals surface area contributed by atoms with Gasteiger partial charge in [-0.25, -0.2) is 4.68 Å². The fourth-order valence-electron chi connectivity index (χ4n) is 3.55. The molecule has 0 atom stereocenters. The van der Waals surface area contributed by atoms with E-state index in [9.17, 15) is 0 Å². The van der Waals surface area contributed by atoms with E-state index in [2.05, 4.69) is 27.8 Å². The summed E-state index contributed by atoms with van der Waals surface area (Å²) in [6.07, 6.45) is 3.51. The molecule has 30 heavy (non-hydrogen) atoms. The van der Waals surface area contributed by atoms with E-state index in [-0.39, 0.29) is 0 Å². The van der Waals surface area contributed by atoms with Crippen molar-refractivity contribution in [3.8, 4) is 10.6 Å². The van der Waals surface area contributed by atoms with Crippen molar-refractivity contribution >= 4 is 56.7 Å². The van der Waals surface area contributed by atoms with E-state index >= 15 is 0 Å². The molecule has 3 heterocycles. The number of benzene rings is 1. The topological polar surface area (TPSA) is 43.6 Å². The maximum atomic E-state index is 6.77. The van der Waals surface area contributed by atoms with Gasteiger partial charge < -0.3 is 0 Å². The van der Waals surface area contributed by atoms with Gasteiger partial charge in [0, 0.05) is 11.1 Å². The Kier molecular flexibility index (Phi) is 5.37. The number of aryl methyl sites for hydroxylation is 1. The zero-order valence-corrected chi connectivity index (χ0v) is 18.7. The van der Waals surface area contributed by atoms with Gasteiger partial charge in [-0.1, -0.05) is 52.1 Å². The molecule has 0 fully saturated rings. The van der Waals surface area contributed by atoms with Crippen molar-refractivity contribution in [2.45, 2.75) is 19.4 Å². The summed E-state index contributed by atoms with van der Waals surface area (Å²) in [7, 11) is 0. The first kappa shape index (κ1) is 19.8. The first-order valence-electron chi connectivity index (χ1n) is 9.36. The smallest absolute Gasteiger partial charge is 0.110 e. The molecule has 0 amide bonds. The molecule has 1 aliphatic rings. The second-order valence-electron chi connectivity index (χ2n) is 7.01. The third-order valence-corrected chi connectivity index (χ3v) is 7.10. The Hall–Kier alpha value is -2.18. The number of hydrogen-bond donors (Lipinski definition) is 0. The van der Waals surface area contributed by atoms with E-state index in [0.29, 0.717) is 21.6 Å². The van der Waals surface area contributed by atoms with Crippen molar-refractivity contribution in [2.24, 2.45) is 0 Å². The first-order valence-corrected chi connectivity index (χ1v) is 11.4. The molecule has 0 N–H and O–H groups in total. The molecule has 0 unspecified atom stereocenters. The largest absolute Gasteiger partial charge is 0.251 e. The maximum Gasteiger partial charge on any atom is 0.110 e. The van der Waals surface area contributed by atoms with Crippen molar-refractivity contribution in [3.05, 3.63) is 86.6 Å². The molecule has 1 aliphatic carbocycles. The Balaban J connectivity index is 1.42. The van der Waals surface area contributed by atoms with Crippen LogP contribution < -0.4 is 0 Å². The van der Waals surface area contributed by atoms with E-state index in [1.807, 2.05) is 30.5 Å². The fourth-order valence-corrected chi connectivity index (χ4v) is 4.93. The number of rotatable bonds is 4. The Morgan fingerprint density at radius 3 is 2.67 bits per heavy atom. The van der Waals surface area contributed by atoms with E-state index in [0.717, 1.165) is 51.5 Å². The lowest BCUT2D eigenvalue weighted by Gasteiger charge is -2.18. The second kappa shape index (κ2) is 8.16. The van der Waals surface area contributed by atoms with Gasteiger partial charge >= 0.3 is 0 Å². The Bertz CT molecular complexity index is 1260. The predicted octanol–water partition coefficient (Wildman–Crippen LogP) is 6.81. The maximum absolute atomic E-state index is 6.77. The number of thiophene rings is 1. The molecule has 5 rings (SSSR count). The van der Waals surface area contributed by atoms with Crippen molar-refractivity contribution < 1.29 is 0 Å². The number of nitrogens with zero attached hydrogens (tertiary/aromatic N) is 4. The van der Waals surface area contributed by atoms with Gasteiger partial charge in [0.25, 0.3) is 0 Å². The molecule has 4 nitrogen and oxygen atoms in total. The van der Waals surface area contributed by atoms with Crippen LogP contribution >= 0.6 is 46.1 Å². The van der Waals surface area contributed by atoms with Gasteiger partial charge in [0.05, 0.1) is 44.1 Å². The highest BCUT2D eigenvalue weighted by Gasteiger charge is 2.22. The van der Waals surface area contributed by atoms with Crippen LogP contribution in [0.1, 0.15) is 28.9 Å². The van der Waals surface area contributed by atoms with Gasteiger partial charge in [-0.2, -0.15) is 0 Å². The molecule has 150 valence electrons. The van der Waals surface area contributed by atoms with E-state index < -0.39 is 0 Å². The summed E-state index contributed by atoms with van der Waals surface area (Å²) < 4.78 is 1.78. The molecular weight excluding hydrogens is 459 g/mol. The number of allylic oxidation sites excluding steroid dienone is 1. The zero-order chi connectivity index (χ0) is 20.7. The van der Waals surface area contributed by atoms with Crippen LogP contribution in [0.25, 0.3) is 21.2 Å². The van der Waals surface area contributed by atoms with E-state index in [4.69, 9.17) is 39.8 Å². The van der Waals surface area contributed by atoms with Crippen LogP contribution in [-0.4, -0.2) is 20.0 Å². The summed E-state index contributed by atoms with van der Waals surface area (Å²) in [5, 5.41) is 12.4. The van der Waals surface area contributed by atoms with Crippen molar-refractivity contribution in [1.29, 1.82) is 0 Å². The highest BCUT2D eigenvalue weighted by atomic mass is 35.5. The highest BCUT2D eigenvalue weighted by Crippen LogP contribution is 2.39. The molecule has 0 bridgehead atoms. The van der Waals surface area contributed by atoms with Crippen LogP contribution in [0.3, 0.4) is 0 Å². The minimum atomic E-state index is 0.526. The average Bonchev–Trinajstić information content (AvgIpc) is 3.43. The van der Waals surface area contributed by atoms with Crippen LogP contribution in [-0.2, 0) is 13.0 Å². The first-order chi connectivity index (χ1) is 14.6. The second-order valence-corrected chi connectivity index (χ2v) is 9.15. The molecule has 0 aliphatic heterocycles. The van der Waals surface area contributed by atoms with Gasteiger partial charge in [0.2, 0.25) is 0 Å². The number of pyridine rings is 1. The fraction of sp³-hybridized carbons (Fsp3) is 0.136. The van der Waals surface area contributed by atoms with Crippen LogP contribution in [0.5, 0.6) is 0 Å². The molecular formula is C22H15Cl3N4S. The van der Waals surface area contributed by atoms with Gasteiger partial charge in [0.15, 0.2) is 0 Å². The standard InChI is InChI=1S/C22H15Cl3N4S/c23-16-6-3-13(10-17(16)24)11-29-12-20(27-28-29)15-4-7-18-14(22(15)25)5-8-19(26-18)21-2-1-9-30-21/h1-3,5-6,8-10,12H,4,7,11H2. The van der Waals surface area contributed by atoms with Crippen molar-refractivity contribution in [3.63, 3.8) is 0 Å². The summed E-state index contributed by atoms with van der Waals surface area (Å²) >= 11 is 20.6. The minimum Gasteiger partial charge on any atom is -0.251 e. The van der Waals surface area contributed by atoms with E-state index in [1.54, 1.807) is 22.1 Å². The van der Waals surface area contributed by atoms with Crippen LogP contribution in [0.15, 0.2) is 54.0 Å². The van der Waals surface area contributed by atoms with Gasteiger partial charge in [-0.15, -0.1) is 16.4 Å². The van der Waals surface area contributed by atoms with Crippen molar-refractivity contribution in [1.82, 2.24) is 20.0 Å². The SMILES string of the molecule is ClC1=C(c2cn(Cc3ccc(Cl)c(Cl)c3)nn2)CCc2nc(-c3cccs3)ccc21. The summed E-state index contributed by atoms with van der Waals surface area (Å²) in [5.41, 5.74) is 5.77. The number of aromatic nitrogens is 4. The Morgan fingerprint density at radius 2 is 1.87 bits per heavy atom. The van der Waals surface area contributed by atoms with Gasteiger partial charge in [-0.05, 0) is 54.1 Å². The number of hydrogen-bond acceptors (Lipinski definition) is 4. The van der Waals surface area contributed by atoms with Crippen molar-refractivity contribution in [2.75, 3.05) is 0 Å². The quantitative estimate of drug-likeness (QED) is 0.327. The minimum absolute atomic E-state index is 0.526. The molecule has 0 radical (unpaired) electrons. The van der Waals surface area contributed by atoms with Gasteiger partial charge in [0.1, 0.15) is 5.69 Å². The Labute approximate surface area is 192 Å². The summed E-state index contributed by atoms with van der Waals surface area (Å²) in [4.78, 5) is 6.00. The number of halogens is 3. The molecule has 0 spiro atoms. The number of fused-ring (bicyclic) bond motifs is 1. The summed E-state index contributed by atoms with van der Waals surface area (Å²) in [6, 6.07) is 13.7. The molecule has 3 aromatic heterocycles. The lowest BCUT2D eigenvalue weighted by Crippen LogP contribution is -2.05.